The van der Waals surface area contributed by atoms with Gasteiger partial charge in [0.25, 0.3) is 11.8 Å². The van der Waals surface area contributed by atoms with E-state index in [1.165, 1.54) is 9.80 Å². The summed E-state index contributed by atoms with van der Waals surface area (Å²) >= 11 is 11.9. The Balaban J connectivity index is 1.94. The van der Waals surface area contributed by atoms with Gasteiger partial charge in [0.2, 0.25) is 0 Å². The molecule has 0 atom stereocenters. The quantitative estimate of drug-likeness (QED) is 0.255. The molecule has 1 saturated heterocycles. The number of aryl methyl sites for hydroxylation is 3. The van der Waals surface area contributed by atoms with E-state index in [9.17, 15) is 9.59 Å². The second-order valence-electron chi connectivity index (χ2n) is 8.13. The Hall–Kier alpha value is -3.48. The van der Waals surface area contributed by atoms with Crippen molar-refractivity contribution in [2.75, 3.05) is 16.9 Å². The highest BCUT2D eigenvalue weighted by Gasteiger charge is 2.42. The van der Waals surface area contributed by atoms with E-state index in [2.05, 4.69) is 0 Å². The normalized spacial score (nSPS) is 15.3. The van der Waals surface area contributed by atoms with Gasteiger partial charge in [0.1, 0.15) is 11.3 Å². The van der Waals surface area contributed by atoms with Gasteiger partial charge in [0.15, 0.2) is 5.11 Å². The molecular weight excluding hydrogens is 468 g/mol. The average molecular weight is 491 g/mol. The number of carbonyl (C=O) groups is 2. The van der Waals surface area contributed by atoms with E-state index in [1.54, 1.807) is 61.7 Å². The second-order valence-corrected chi connectivity index (χ2v) is 8.93. The van der Waals surface area contributed by atoms with Crippen molar-refractivity contribution in [3.8, 4) is 5.75 Å². The molecule has 1 aliphatic heterocycles. The van der Waals surface area contributed by atoms with E-state index >= 15 is 0 Å². The molecule has 0 radical (unpaired) electrons. The van der Waals surface area contributed by atoms with Crippen molar-refractivity contribution in [2.45, 2.75) is 20.8 Å². The van der Waals surface area contributed by atoms with Gasteiger partial charge < -0.3 is 4.74 Å². The van der Waals surface area contributed by atoms with Crippen LogP contribution in [-0.2, 0) is 9.59 Å². The van der Waals surface area contributed by atoms with Crippen LogP contribution in [0.5, 0.6) is 5.75 Å². The summed E-state index contributed by atoms with van der Waals surface area (Å²) in [5, 5.41) is 0.592. The molecule has 0 N–H and O–H groups in total. The van der Waals surface area contributed by atoms with Gasteiger partial charge in [-0.3, -0.25) is 19.4 Å². The number of benzene rings is 3. The summed E-state index contributed by atoms with van der Waals surface area (Å²) in [7, 11) is 1.55. The van der Waals surface area contributed by atoms with Crippen molar-refractivity contribution in [3.05, 3.63) is 93.5 Å². The molecule has 0 spiro atoms. The molecule has 2 amide bonds. The van der Waals surface area contributed by atoms with E-state index < -0.39 is 11.8 Å². The molecule has 172 valence electrons. The molecule has 3 aromatic rings. The monoisotopic (exact) mass is 490 g/mol. The summed E-state index contributed by atoms with van der Waals surface area (Å²) in [5.74, 6) is -0.425. The third-order valence-electron chi connectivity index (χ3n) is 5.58. The number of amides is 2. The van der Waals surface area contributed by atoms with Crippen LogP contribution in [-0.4, -0.2) is 24.0 Å². The zero-order valence-corrected chi connectivity index (χ0v) is 20.8. The van der Waals surface area contributed by atoms with Crippen LogP contribution in [0.15, 0.2) is 66.2 Å². The number of hydrogen-bond acceptors (Lipinski definition) is 4. The van der Waals surface area contributed by atoms with Gasteiger partial charge >= 0.3 is 0 Å². The number of halogens is 1. The van der Waals surface area contributed by atoms with Crippen LogP contribution in [0, 0.1) is 20.8 Å². The molecule has 0 bridgehead atoms. The number of hydrogen-bond donors (Lipinski definition) is 0. The summed E-state index contributed by atoms with van der Waals surface area (Å²) in [6.07, 6.45) is 1.55. The first-order chi connectivity index (χ1) is 16.2. The highest BCUT2D eigenvalue weighted by atomic mass is 35.5. The summed E-state index contributed by atoms with van der Waals surface area (Å²) in [4.78, 5) is 30.3. The number of ether oxygens (including phenoxy) is 1. The first-order valence-corrected chi connectivity index (χ1v) is 11.4. The maximum Gasteiger partial charge on any atom is 0.270 e. The van der Waals surface area contributed by atoms with Crippen LogP contribution in [0.3, 0.4) is 0 Å². The zero-order valence-electron chi connectivity index (χ0n) is 19.3. The predicted molar refractivity (Wildman–Crippen MR) is 141 cm³/mol. The van der Waals surface area contributed by atoms with Gasteiger partial charge in [-0.2, -0.15) is 0 Å². The molecule has 1 aliphatic rings. The standard InChI is InChI=1S/C27H23ClN2O3S/c1-16-11-17(2)24(18(3)12-16)30-26(32)23(14-19-7-5-8-20(28)13-19)25(31)29(27(30)34)21-9-6-10-22(15-21)33-4/h5-15H,1-4H3/b23-14-. The highest BCUT2D eigenvalue weighted by Crippen LogP contribution is 2.35. The minimum absolute atomic E-state index is 0.0157. The average Bonchev–Trinajstić information content (AvgIpc) is 2.78. The largest absolute Gasteiger partial charge is 0.497 e. The van der Waals surface area contributed by atoms with Gasteiger partial charge in [-0.15, -0.1) is 0 Å². The first kappa shape index (κ1) is 23.7. The van der Waals surface area contributed by atoms with E-state index in [-0.39, 0.29) is 10.7 Å². The number of rotatable bonds is 4. The Kier molecular flexibility index (Phi) is 6.55. The van der Waals surface area contributed by atoms with Crippen molar-refractivity contribution in [1.82, 2.24) is 0 Å². The third-order valence-corrected chi connectivity index (χ3v) is 6.18. The topological polar surface area (TPSA) is 49.9 Å². The maximum absolute atomic E-state index is 13.8. The fraction of sp³-hybridized carbons (Fsp3) is 0.148. The van der Waals surface area contributed by atoms with Crippen molar-refractivity contribution in [2.24, 2.45) is 0 Å². The van der Waals surface area contributed by atoms with E-state index in [1.807, 2.05) is 32.9 Å². The molecular formula is C27H23ClN2O3S. The van der Waals surface area contributed by atoms with Gasteiger partial charge in [-0.1, -0.05) is 47.5 Å². The van der Waals surface area contributed by atoms with Crippen LogP contribution in [0.1, 0.15) is 22.3 Å². The number of thiocarbonyl (C=S) groups is 1. The molecule has 1 heterocycles. The molecule has 0 saturated carbocycles. The van der Waals surface area contributed by atoms with Crippen LogP contribution in [0.2, 0.25) is 5.02 Å². The summed E-state index contributed by atoms with van der Waals surface area (Å²) in [6, 6.07) is 18.0. The molecule has 34 heavy (non-hydrogen) atoms. The Bertz CT molecular complexity index is 1340. The number of carbonyl (C=O) groups excluding carboxylic acids is 2. The zero-order chi connectivity index (χ0) is 24.6. The van der Waals surface area contributed by atoms with Gasteiger partial charge in [-0.25, -0.2) is 0 Å². The number of nitrogens with zero attached hydrogens (tertiary/aromatic N) is 2. The predicted octanol–water partition coefficient (Wildman–Crippen LogP) is 6.02. The third kappa shape index (κ3) is 4.34. The number of anilines is 2. The molecule has 7 heteroatoms. The molecule has 0 aromatic heterocycles. The summed E-state index contributed by atoms with van der Waals surface area (Å²) in [5.41, 5.74) is 4.64. The SMILES string of the molecule is COc1cccc(N2C(=O)/C(=C/c3cccc(Cl)c3)C(=O)N(c3c(C)cc(C)cc3C)C2=S)c1. The van der Waals surface area contributed by atoms with Crippen molar-refractivity contribution in [1.29, 1.82) is 0 Å². The van der Waals surface area contributed by atoms with Crippen LogP contribution < -0.4 is 14.5 Å². The van der Waals surface area contributed by atoms with Crippen LogP contribution in [0.4, 0.5) is 11.4 Å². The Morgan fingerprint density at radius 2 is 1.53 bits per heavy atom. The van der Waals surface area contributed by atoms with Crippen molar-refractivity contribution in [3.63, 3.8) is 0 Å². The highest BCUT2D eigenvalue weighted by molar-refractivity contribution is 7.81. The van der Waals surface area contributed by atoms with Crippen LogP contribution in [0.25, 0.3) is 6.08 Å². The fourth-order valence-electron chi connectivity index (χ4n) is 4.19. The van der Waals surface area contributed by atoms with Gasteiger partial charge in [0, 0.05) is 11.1 Å². The lowest BCUT2D eigenvalue weighted by atomic mass is 10.0. The molecule has 4 rings (SSSR count). The van der Waals surface area contributed by atoms with Gasteiger partial charge in [-0.05, 0) is 80.0 Å². The van der Waals surface area contributed by atoms with E-state index in [4.69, 9.17) is 28.6 Å². The lowest BCUT2D eigenvalue weighted by Crippen LogP contribution is -2.57. The molecule has 0 unspecified atom stereocenters. The molecule has 3 aromatic carbocycles. The van der Waals surface area contributed by atoms with Gasteiger partial charge in [0.05, 0.1) is 18.5 Å². The summed E-state index contributed by atoms with van der Waals surface area (Å²) in [6.45, 7) is 5.85. The number of methoxy groups -OCH3 is 1. The first-order valence-electron chi connectivity index (χ1n) is 10.6. The molecule has 1 fully saturated rings. The minimum atomic E-state index is -0.512. The van der Waals surface area contributed by atoms with E-state index in [0.717, 1.165) is 16.7 Å². The smallest absolute Gasteiger partial charge is 0.270 e. The fourth-order valence-corrected chi connectivity index (χ4v) is 4.75. The lowest BCUT2D eigenvalue weighted by molar-refractivity contribution is -0.120. The molecule has 5 nitrogen and oxygen atoms in total. The lowest BCUT2D eigenvalue weighted by Gasteiger charge is -2.38. The maximum atomic E-state index is 13.8. The Labute approximate surface area is 209 Å². The van der Waals surface area contributed by atoms with Crippen molar-refractivity contribution < 1.29 is 14.3 Å². The second kappa shape index (κ2) is 9.41. The van der Waals surface area contributed by atoms with E-state index in [0.29, 0.717) is 27.7 Å². The Morgan fingerprint density at radius 3 is 2.18 bits per heavy atom. The Morgan fingerprint density at radius 1 is 0.882 bits per heavy atom. The van der Waals surface area contributed by atoms with Crippen molar-refractivity contribution >= 4 is 58.2 Å². The summed E-state index contributed by atoms with van der Waals surface area (Å²) < 4.78 is 5.34. The minimum Gasteiger partial charge on any atom is -0.497 e. The molecule has 0 aliphatic carbocycles. The van der Waals surface area contributed by atoms with Crippen LogP contribution >= 0.6 is 23.8 Å².